The Bertz CT molecular complexity index is 295. The highest BCUT2D eigenvalue weighted by Gasteiger charge is 2.14. The maximum Gasteiger partial charge on any atom is 0.123 e. The molecule has 0 fully saturated rings. The normalized spacial score (nSPS) is 12.6. The van der Waals surface area contributed by atoms with Gasteiger partial charge in [-0.2, -0.15) is 0 Å². The van der Waals surface area contributed by atoms with Crippen LogP contribution in [-0.4, -0.2) is 18.8 Å². The van der Waals surface area contributed by atoms with Gasteiger partial charge in [0.2, 0.25) is 0 Å². The van der Waals surface area contributed by atoms with E-state index in [4.69, 9.17) is 9.84 Å². The highest BCUT2D eigenvalue weighted by Crippen LogP contribution is 2.29. The maximum absolute atomic E-state index is 13.0. The predicted molar refractivity (Wildman–Crippen MR) is 53.1 cm³/mol. The molecule has 3 heteroatoms. The van der Waals surface area contributed by atoms with Crippen molar-refractivity contribution in [2.24, 2.45) is 0 Å². The first-order valence-electron chi connectivity index (χ1n) is 4.67. The number of ether oxygens (including phenoxy) is 1. The van der Waals surface area contributed by atoms with Crippen molar-refractivity contribution in [2.45, 2.75) is 19.3 Å². The van der Waals surface area contributed by atoms with Crippen LogP contribution in [0.3, 0.4) is 0 Å². The number of aliphatic hydroxyl groups excluding tert-OH is 1. The van der Waals surface area contributed by atoms with Crippen LogP contribution in [0.4, 0.5) is 4.39 Å². The fraction of sp³-hybridized carbons (Fsp3) is 0.455. The number of hydrogen-bond donors (Lipinski definition) is 1. The largest absolute Gasteiger partial charge is 0.496 e. The van der Waals surface area contributed by atoms with E-state index < -0.39 is 0 Å². The molecule has 0 bridgehead atoms. The molecule has 2 nitrogen and oxygen atoms in total. The van der Waals surface area contributed by atoms with Crippen molar-refractivity contribution in [1.82, 2.24) is 0 Å². The lowest BCUT2D eigenvalue weighted by molar-refractivity contribution is 0.258. The van der Waals surface area contributed by atoms with Crippen LogP contribution in [0.5, 0.6) is 5.75 Å². The average Bonchev–Trinajstić information content (AvgIpc) is 2.20. The maximum atomic E-state index is 13.0. The Balaban J connectivity index is 3.08. The molecule has 0 aliphatic heterocycles. The first kappa shape index (κ1) is 11.0. The highest BCUT2D eigenvalue weighted by atomic mass is 19.1. The van der Waals surface area contributed by atoms with Crippen LogP contribution in [0.1, 0.15) is 24.8 Å². The summed E-state index contributed by atoms with van der Waals surface area (Å²) in [6.45, 7) is 1.96. The Morgan fingerprint density at radius 3 is 2.71 bits per heavy atom. The van der Waals surface area contributed by atoms with Crippen LogP contribution in [0.2, 0.25) is 0 Å². The van der Waals surface area contributed by atoms with Crippen molar-refractivity contribution in [3.8, 4) is 5.75 Å². The zero-order chi connectivity index (χ0) is 10.6. The molecule has 0 heterocycles. The minimum absolute atomic E-state index is 0.0102. The summed E-state index contributed by atoms with van der Waals surface area (Å²) in [5.41, 5.74) is 0.734. The molecule has 1 atom stereocenters. The summed E-state index contributed by atoms with van der Waals surface area (Å²) in [5.74, 6) is 0.278. The Hall–Kier alpha value is -1.09. The number of methoxy groups -OCH3 is 1. The molecular formula is C11H15FO2. The van der Waals surface area contributed by atoms with Crippen LogP contribution >= 0.6 is 0 Å². The summed E-state index contributed by atoms with van der Waals surface area (Å²) in [5, 5.41) is 9.11. The molecule has 0 saturated heterocycles. The van der Waals surface area contributed by atoms with Gasteiger partial charge in [0, 0.05) is 11.5 Å². The van der Waals surface area contributed by atoms with Crippen LogP contribution in [0.15, 0.2) is 18.2 Å². The van der Waals surface area contributed by atoms with Crippen molar-refractivity contribution in [3.05, 3.63) is 29.6 Å². The first-order valence-corrected chi connectivity index (χ1v) is 4.67. The quantitative estimate of drug-likeness (QED) is 0.804. The topological polar surface area (TPSA) is 29.5 Å². The molecule has 1 N–H and O–H groups in total. The summed E-state index contributed by atoms with van der Waals surface area (Å²) in [6, 6.07) is 4.36. The van der Waals surface area contributed by atoms with Gasteiger partial charge >= 0.3 is 0 Å². The fourth-order valence-electron chi connectivity index (χ4n) is 1.47. The number of hydrogen-bond acceptors (Lipinski definition) is 2. The monoisotopic (exact) mass is 198 g/mol. The van der Waals surface area contributed by atoms with E-state index >= 15 is 0 Å². The minimum Gasteiger partial charge on any atom is -0.496 e. The van der Waals surface area contributed by atoms with Gasteiger partial charge in [0.25, 0.3) is 0 Å². The third-order valence-corrected chi connectivity index (χ3v) is 2.34. The van der Waals surface area contributed by atoms with Crippen LogP contribution in [0, 0.1) is 5.82 Å². The molecule has 0 saturated carbocycles. The van der Waals surface area contributed by atoms with Crippen molar-refractivity contribution in [3.63, 3.8) is 0 Å². The number of rotatable bonds is 4. The fourth-order valence-corrected chi connectivity index (χ4v) is 1.47. The molecule has 0 aliphatic carbocycles. The van der Waals surface area contributed by atoms with E-state index in [-0.39, 0.29) is 18.3 Å². The molecule has 0 aromatic heterocycles. The van der Waals surface area contributed by atoms with E-state index in [2.05, 4.69) is 0 Å². The van der Waals surface area contributed by atoms with Gasteiger partial charge in [-0.15, -0.1) is 0 Å². The Morgan fingerprint density at radius 1 is 1.50 bits per heavy atom. The number of halogens is 1. The van der Waals surface area contributed by atoms with Crippen molar-refractivity contribution in [2.75, 3.05) is 13.7 Å². The molecule has 1 aromatic carbocycles. The van der Waals surface area contributed by atoms with E-state index in [9.17, 15) is 4.39 Å². The summed E-state index contributed by atoms with van der Waals surface area (Å²) in [6.07, 6.45) is 0.760. The molecule has 0 radical (unpaired) electrons. The van der Waals surface area contributed by atoms with Gasteiger partial charge < -0.3 is 9.84 Å². The number of benzene rings is 1. The number of aliphatic hydroxyl groups is 1. The average molecular weight is 198 g/mol. The van der Waals surface area contributed by atoms with E-state index in [1.165, 1.54) is 12.1 Å². The second-order valence-electron chi connectivity index (χ2n) is 3.17. The Kier molecular flexibility index (Phi) is 3.89. The van der Waals surface area contributed by atoms with Gasteiger partial charge in [-0.25, -0.2) is 4.39 Å². The van der Waals surface area contributed by atoms with E-state index in [0.717, 1.165) is 12.0 Å². The molecule has 0 aliphatic rings. The Morgan fingerprint density at radius 2 is 2.21 bits per heavy atom. The molecule has 1 unspecified atom stereocenters. The lowest BCUT2D eigenvalue weighted by Crippen LogP contribution is -2.05. The van der Waals surface area contributed by atoms with Crippen molar-refractivity contribution in [1.29, 1.82) is 0 Å². The van der Waals surface area contributed by atoms with E-state index in [0.29, 0.717) is 5.75 Å². The van der Waals surface area contributed by atoms with Gasteiger partial charge in [0.15, 0.2) is 0 Å². The second-order valence-corrected chi connectivity index (χ2v) is 3.17. The van der Waals surface area contributed by atoms with Gasteiger partial charge in [-0.05, 0) is 24.6 Å². The predicted octanol–water partition coefficient (Wildman–Crippen LogP) is 2.32. The highest BCUT2D eigenvalue weighted by molar-refractivity contribution is 5.36. The zero-order valence-electron chi connectivity index (χ0n) is 8.46. The van der Waals surface area contributed by atoms with Gasteiger partial charge in [0.1, 0.15) is 11.6 Å². The second kappa shape index (κ2) is 4.96. The molecule has 1 aromatic rings. The Labute approximate surface area is 83.3 Å². The summed E-state index contributed by atoms with van der Waals surface area (Å²) in [7, 11) is 1.54. The summed E-state index contributed by atoms with van der Waals surface area (Å²) < 4.78 is 18.1. The van der Waals surface area contributed by atoms with E-state index in [1.807, 2.05) is 6.92 Å². The summed E-state index contributed by atoms with van der Waals surface area (Å²) >= 11 is 0. The van der Waals surface area contributed by atoms with E-state index in [1.54, 1.807) is 13.2 Å². The molecule has 1 rings (SSSR count). The lowest BCUT2D eigenvalue weighted by atomic mass is 9.96. The van der Waals surface area contributed by atoms with Crippen LogP contribution in [0.25, 0.3) is 0 Å². The van der Waals surface area contributed by atoms with Gasteiger partial charge in [-0.3, -0.25) is 0 Å². The van der Waals surface area contributed by atoms with Gasteiger partial charge in [0.05, 0.1) is 13.7 Å². The van der Waals surface area contributed by atoms with Crippen molar-refractivity contribution >= 4 is 0 Å². The summed E-state index contributed by atoms with van der Waals surface area (Å²) in [4.78, 5) is 0. The molecule has 78 valence electrons. The van der Waals surface area contributed by atoms with Gasteiger partial charge in [-0.1, -0.05) is 6.92 Å². The smallest absolute Gasteiger partial charge is 0.123 e. The third kappa shape index (κ3) is 2.23. The lowest BCUT2D eigenvalue weighted by Gasteiger charge is -2.15. The molecule has 14 heavy (non-hydrogen) atoms. The minimum atomic E-state index is -0.298. The third-order valence-electron chi connectivity index (χ3n) is 2.34. The van der Waals surface area contributed by atoms with Crippen molar-refractivity contribution < 1.29 is 14.2 Å². The van der Waals surface area contributed by atoms with Crippen LogP contribution in [-0.2, 0) is 0 Å². The first-order chi connectivity index (χ1) is 6.72. The molecule has 0 spiro atoms. The molecule has 0 amide bonds. The zero-order valence-corrected chi connectivity index (χ0v) is 8.46. The van der Waals surface area contributed by atoms with Crippen LogP contribution < -0.4 is 4.74 Å². The standard InChI is InChI=1S/C11H15FO2/c1-3-8(7-13)10-6-9(12)4-5-11(10)14-2/h4-6,8,13H,3,7H2,1-2H3. The SMILES string of the molecule is CCC(CO)c1cc(F)ccc1OC. The molecular weight excluding hydrogens is 183 g/mol.